The van der Waals surface area contributed by atoms with E-state index in [4.69, 9.17) is 4.74 Å². The monoisotopic (exact) mass is 381 g/mol. The van der Waals surface area contributed by atoms with Crippen LogP contribution in [0.15, 0.2) is 54.6 Å². The molecule has 3 rings (SSSR count). The topological polar surface area (TPSA) is 61.9 Å². The fourth-order valence-electron chi connectivity index (χ4n) is 3.25. The van der Waals surface area contributed by atoms with Gasteiger partial charge in [-0.15, -0.1) is 0 Å². The van der Waals surface area contributed by atoms with Crippen LogP contribution in [0.2, 0.25) is 0 Å². The second-order valence-electron chi connectivity index (χ2n) is 7.08. The largest absolute Gasteiger partial charge is 0.497 e. The highest BCUT2D eigenvalue weighted by atomic mass is 16.5. The number of benzene rings is 2. The first-order valence-electron chi connectivity index (χ1n) is 9.55. The predicted molar refractivity (Wildman–Crippen MR) is 108 cm³/mol. The molecular weight excluding hydrogens is 354 g/mol. The van der Waals surface area contributed by atoms with E-state index >= 15 is 0 Å². The quantitative estimate of drug-likeness (QED) is 0.837. The first-order valence-corrected chi connectivity index (χ1v) is 9.55. The number of nitrogens with one attached hydrogen (secondary N) is 1. The predicted octanol–water partition coefficient (Wildman–Crippen LogP) is 2.85. The lowest BCUT2D eigenvalue weighted by Crippen LogP contribution is -2.54. The molecule has 1 aliphatic heterocycles. The summed E-state index contributed by atoms with van der Waals surface area (Å²) in [6.45, 7) is 4.35. The second kappa shape index (κ2) is 9.26. The summed E-state index contributed by atoms with van der Waals surface area (Å²) in [7, 11) is 1.63. The van der Waals surface area contributed by atoms with Gasteiger partial charge in [-0.3, -0.25) is 4.79 Å². The van der Waals surface area contributed by atoms with E-state index in [-0.39, 0.29) is 24.4 Å². The van der Waals surface area contributed by atoms with Gasteiger partial charge in [0.1, 0.15) is 12.3 Å². The zero-order valence-electron chi connectivity index (χ0n) is 16.4. The molecule has 0 spiro atoms. The number of nitrogens with zero attached hydrogens (tertiary/aromatic N) is 2. The maximum absolute atomic E-state index is 12.5. The summed E-state index contributed by atoms with van der Waals surface area (Å²) in [6, 6.07) is 17.6. The Bertz CT molecular complexity index is 792. The van der Waals surface area contributed by atoms with Crippen molar-refractivity contribution in [1.29, 1.82) is 0 Å². The van der Waals surface area contributed by atoms with E-state index in [0.717, 1.165) is 11.3 Å². The highest BCUT2D eigenvalue weighted by Gasteiger charge is 2.27. The third-order valence-corrected chi connectivity index (χ3v) is 5.07. The van der Waals surface area contributed by atoms with Crippen LogP contribution < -0.4 is 10.1 Å². The smallest absolute Gasteiger partial charge is 0.317 e. The van der Waals surface area contributed by atoms with E-state index in [1.807, 2.05) is 42.5 Å². The van der Waals surface area contributed by atoms with Gasteiger partial charge in [-0.1, -0.05) is 49.4 Å². The van der Waals surface area contributed by atoms with Gasteiger partial charge >= 0.3 is 6.03 Å². The van der Waals surface area contributed by atoms with Crippen molar-refractivity contribution >= 4 is 11.9 Å². The molecule has 28 heavy (non-hydrogen) atoms. The third kappa shape index (κ3) is 5.03. The van der Waals surface area contributed by atoms with Crippen molar-refractivity contribution in [3.05, 3.63) is 65.7 Å². The molecule has 0 aliphatic carbocycles. The molecule has 0 radical (unpaired) electrons. The SMILES string of the molecule is COc1ccc(CN2CCN(C(=O)NCC(C)c3ccccc3)CC2=O)cc1. The summed E-state index contributed by atoms with van der Waals surface area (Å²) in [5.41, 5.74) is 2.23. The Morgan fingerprint density at radius 3 is 2.46 bits per heavy atom. The van der Waals surface area contributed by atoms with Crippen LogP contribution in [0.4, 0.5) is 4.79 Å². The molecule has 0 saturated carbocycles. The van der Waals surface area contributed by atoms with Crippen molar-refractivity contribution in [2.24, 2.45) is 0 Å². The molecule has 148 valence electrons. The van der Waals surface area contributed by atoms with Gasteiger partial charge in [-0.2, -0.15) is 0 Å². The Balaban J connectivity index is 1.47. The molecule has 2 aromatic carbocycles. The van der Waals surface area contributed by atoms with E-state index in [1.165, 1.54) is 5.56 Å². The minimum absolute atomic E-state index is 0.0340. The van der Waals surface area contributed by atoms with Crippen LogP contribution in [0.5, 0.6) is 5.75 Å². The molecule has 1 atom stereocenters. The number of urea groups is 1. The van der Waals surface area contributed by atoms with E-state index in [0.29, 0.717) is 26.2 Å². The van der Waals surface area contributed by atoms with Gasteiger partial charge in [-0.25, -0.2) is 4.79 Å². The van der Waals surface area contributed by atoms with Crippen molar-refractivity contribution in [1.82, 2.24) is 15.1 Å². The average Bonchev–Trinajstić information content (AvgIpc) is 2.74. The first-order chi connectivity index (χ1) is 13.6. The molecule has 1 heterocycles. The highest BCUT2D eigenvalue weighted by Crippen LogP contribution is 2.16. The molecule has 6 nitrogen and oxygen atoms in total. The van der Waals surface area contributed by atoms with Gasteiger partial charge in [0, 0.05) is 26.2 Å². The number of piperazine rings is 1. The normalized spacial score (nSPS) is 15.3. The number of carbonyl (C=O) groups excluding carboxylic acids is 2. The summed E-state index contributed by atoms with van der Waals surface area (Å²) in [6.07, 6.45) is 0. The zero-order chi connectivity index (χ0) is 19.9. The summed E-state index contributed by atoms with van der Waals surface area (Å²) >= 11 is 0. The van der Waals surface area contributed by atoms with Gasteiger partial charge in [0.15, 0.2) is 0 Å². The molecule has 2 aromatic rings. The van der Waals surface area contributed by atoms with Crippen molar-refractivity contribution in [2.75, 3.05) is 33.3 Å². The first kappa shape index (κ1) is 19.7. The number of hydrogen-bond donors (Lipinski definition) is 1. The van der Waals surface area contributed by atoms with Crippen LogP contribution in [0.1, 0.15) is 24.0 Å². The fourth-order valence-corrected chi connectivity index (χ4v) is 3.25. The van der Waals surface area contributed by atoms with Gasteiger partial charge in [0.05, 0.1) is 7.11 Å². The van der Waals surface area contributed by atoms with E-state index < -0.39 is 0 Å². The van der Waals surface area contributed by atoms with Gasteiger partial charge in [0.25, 0.3) is 0 Å². The zero-order valence-corrected chi connectivity index (χ0v) is 16.4. The summed E-state index contributed by atoms with van der Waals surface area (Å²) in [4.78, 5) is 28.3. The van der Waals surface area contributed by atoms with Crippen LogP contribution in [-0.4, -0.2) is 55.0 Å². The molecule has 1 aliphatic rings. The van der Waals surface area contributed by atoms with E-state index in [2.05, 4.69) is 24.4 Å². The van der Waals surface area contributed by atoms with Crippen molar-refractivity contribution in [3.8, 4) is 5.75 Å². The molecule has 1 saturated heterocycles. The van der Waals surface area contributed by atoms with Crippen LogP contribution in [0, 0.1) is 0 Å². The summed E-state index contributed by atoms with van der Waals surface area (Å²) in [5.74, 6) is 0.979. The number of amides is 3. The van der Waals surface area contributed by atoms with Crippen molar-refractivity contribution in [2.45, 2.75) is 19.4 Å². The molecule has 1 unspecified atom stereocenters. The van der Waals surface area contributed by atoms with Crippen molar-refractivity contribution in [3.63, 3.8) is 0 Å². The number of rotatable bonds is 6. The Morgan fingerprint density at radius 1 is 1.11 bits per heavy atom. The van der Waals surface area contributed by atoms with E-state index in [9.17, 15) is 9.59 Å². The van der Waals surface area contributed by atoms with Gasteiger partial charge in [0.2, 0.25) is 5.91 Å². The van der Waals surface area contributed by atoms with Crippen LogP contribution in [0.3, 0.4) is 0 Å². The van der Waals surface area contributed by atoms with Crippen molar-refractivity contribution < 1.29 is 14.3 Å². The molecular formula is C22H27N3O3. The molecule has 0 aromatic heterocycles. The Morgan fingerprint density at radius 2 is 1.82 bits per heavy atom. The number of ether oxygens (including phenoxy) is 1. The number of hydrogen-bond acceptors (Lipinski definition) is 3. The average molecular weight is 381 g/mol. The number of methoxy groups -OCH3 is 1. The lowest BCUT2D eigenvalue weighted by atomic mass is 10.0. The van der Waals surface area contributed by atoms with E-state index in [1.54, 1.807) is 16.9 Å². The molecule has 0 bridgehead atoms. The molecule has 1 N–H and O–H groups in total. The van der Waals surface area contributed by atoms with Crippen LogP contribution in [-0.2, 0) is 11.3 Å². The minimum Gasteiger partial charge on any atom is -0.497 e. The Labute approximate surface area is 166 Å². The van der Waals surface area contributed by atoms with Gasteiger partial charge in [-0.05, 0) is 29.2 Å². The summed E-state index contributed by atoms with van der Waals surface area (Å²) < 4.78 is 5.16. The standard InChI is InChI=1S/C22H27N3O3/c1-17(19-6-4-3-5-7-19)14-23-22(27)25-13-12-24(21(26)16-25)15-18-8-10-20(28-2)11-9-18/h3-11,17H,12-16H2,1-2H3,(H,23,27). The second-order valence-corrected chi connectivity index (χ2v) is 7.08. The molecule has 1 fully saturated rings. The third-order valence-electron chi connectivity index (χ3n) is 5.07. The maximum atomic E-state index is 12.5. The van der Waals surface area contributed by atoms with Crippen LogP contribution >= 0.6 is 0 Å². The minimum atomic E-state index is -0.180. The molecule has 3 amide bonds. The summed E-state index contributed by atoms with van der Waals surface area (Å²) in [5, 5.41) is 2.95. The van der Waals surface area contributed by atoms with Crippen LogP contribution in [0.25, 0.3) is 0 Å². The Hall–Kier alpha value is -3.02. The lowest BCUT2D eigenvalue weighted by molar-refractivity contribution is -0.135. The fraction of sp³-hybridized carbons (Fsp3) is 0.364. The maximum Gasteiger partial charge on any atom is 0.317 e. The Kier molecular flexibility index (Phi) is 6.53. The number of carbonyl (C=O) groups is 2. The highest BCUT2D eigenvalue weighted by molar-refractivity contribution is 5.85. The molecule has 6 heteroatoms. The van der Waals surface area contributed by atoms with Gasteiger partial charge < -0.3 is 19.9 Å². The lowest BCUT2D eigenvalue weighted by Gasteiger charge is -2.34.